The van der Waals surface area contributed by atoms with Crippen molar-refractivity contribution >= 4 is 74.5 Å². The third kappa shape index (κ3) is 8.14. The van der Waals surface area contributed by atoms with Crippen LogP contribution in [0.25, 0.3) is 31.0 Å². The van der Waals surface area contributed by atoms with Gasteiger partial charge < -0.3 is 18.9 Å². The number of amides is 4. The Balaban J connectivity index is 0.970. The highest BCUT2D eigenvalue weighted by Gasteiger charge is 2.41. The summed E-state index contributed by atoms with van der Waals surface area (Å²) in [6.07, 6.45) is 9.46. The van der Waals surface area contributed by atoms with Crippen molar-refractivity contribution in [2.75, 3.05) is 43.6 Å². The molecule has 0 bridgehead atoms. The van der Waals surface area contributed by atoms with Crippen molar-refractivity contribution in [1.29, 1.82) is 0 Å². The molecule has 0 saturated carbocycles. The van der Waals surface area contributed by atoms with Gasteiger partial charge in [0.2, 0.25) is 0 Å². The largest absolute Gasteiger partial charge is 0.485 e. The van der Waals surface area contributed by atoms with Crippen LogP contribution in [0.4, 0.5) is 5.69 Å². The number of hydrogen-bond donors (Lipinski definition) is 0. The smallest absolute Gasteiger partial charge is 0.265 e. The van der Waals surface area contributed by atoms with E-state index in [9.17, 15) is 19.2 Å². The van der Waals surface area contributed by atoms with E-state index in [0.29, 0.717) is 76.8 Å². The zero-order chi connectivity index (χ0) is 44.0. The number of benzene rings is 3. The molecule has 63 heavy (non-hydrogen) atoms. The molecule has 5 aromatic rings. The van der Waals surface area contributed by atoms with E-state index in [0.717, 1.165) is 76.6 Å². The van der Waals surface area contributed by atoms with Crippen molar-refractivity contribution in [3.63, 3.8) is 0 Å². The minimum Gasteiger partial charge on any atom is -0.485 e. The molecule has 4 amide bonds. The number of hydrogen-bond acceptors (Lipinski definition) is 11. The lowest BCUT2D eigenvalue weighted by atomic mass is 9.85. The summed E-state index contributed by atoms with van der Waals surface area (Å²) >= 11 is 5.31. The van der Waals surface area contributed by atoms with E-state index < -0.39 is 11.8 Å². The highest BCUT2D eigenvalue weighted by molar-refractivity contribution is 8.00. The fourth-order valence-electron chi connectivity index (χ4n) is 9.00. The second kappa shape index (κ2) is 18.0. The minimum atomic E-state index is -0.510. The molecule has 6 heterocycles. The second-order valence-electron chi connectivity index (χ2n) is 17.7. The first-order valence-electron chi connectivity index (χ1n) is 22.4. The number of aryl methyl sites for hydroxylation is 1. The molecule has 13 heteroatoms. The fraction of sp³-hybridized carbons (Fsp3) is 0.440. The molecule has 3 aromatic carbocycles. The first-order chi connectivity index (χ1) is 30.5. The van der Waals surface area contributed by atoms with E-state index in [2.05, 4.69) is 34.6 Å². The van der Waals surface area contributed by atoms with Crippen LogP contribution in [0.5, 0.6) is 23.0 Å². The third-order valence-corrected chi connectivity index (χ3v) is 16.2. The van der Waals surface area contributed by atoms with Crippen molar-refractivity contribution in [2.45, 2.75) is 97.2 Å². The van der Waals surface area contributed by atoms with Crippen LogP contribution in [0.2, 0.25) is 0 Å². The Morgan fingerprint density at radius 1 is 0.619 bits per heavy atom. The Kier molecular flexibility index (Phi) is 12.4. The first kappa shape index (κ1) is 43.4. The van der Waals surface area contributed by atoms with E-state index in [1.165, 1.54) is 33.3 Å². The van der Waals surface area contributed by atoms with Gasteiger partial charge in [0.15, 0.2) is 23.0 Å². The molecular weight excluding hydrogens is 853 g/mol. The molecule has 0 N–H and O–H groups in total. The first-order valence-corrected chi connectivity index (χ1v) is 25.0. The van der Waals surface area contributed by atoms with Crippen molar-refractivity contribution in [3.8, 4) is 43.2 Å². The minimum absolute atomic E-state index is 0.199. The summed E-state index contributed by atoms with van der Waals surface area (Å²) in [4.78, 5) is 62.9. The molecule has 4 aliphatic heterocycles. The number of imide groups is 2. The van der Waals surface area contributed by atoms with Crippen molar-refractivity contribution in [3.05, 3.63) is 75.7 Å². The van der Waals surface area contributed by atoms with Gasteiger partial charge in [-0.1, -0.05) is 78.9 Å². The molecule has 330 valence electrons. The van der Waals surface area contributed by atoms with E-state index >= 15 is 0 Å². The predicted molar refractivity (Wildman–Crippen MR) is 253 cm³/mol. The van der Waals surface area contributed by atoms with Gasteiger partial charge in [-0.2, -0.15) is 11.8 Å². The number of carbonyl (C=O) groups is 4. The summed E-state index contributed by atoms with van der Waals surface area (Å²) in [6, 6.07) is 13.8. The molecule has 0 aliphatic carbocycles. The summed E-state index contributed by atoms with van der Waals surface area (Å²) in [5.41, 5.74) is 2.49. The topological polar surface area (TPSA) is 112 Å². The summed E-state index contributed by atoms with van der Waals surface area (Å²) in [6.45, 7) is 13.2. The van der Waals surface area contributed by atoms with E-state index in [1.807, 2.05) is 23.9 Å². The maximum Gasteiger partial charge on any atom is 0.265 e. The van der Waals surface area contributed by atoms with Crippen LogP contribution in [0, 0.1) is 5.92 Å². The normalized spacial score (nSPS) is 16.1. The van der Waals surface area contributed by atoms with Crippen LogP contribution in [-0.2, 0) is 6.42 Å². The van der Waals surface area contributed by atoms with Crippen LogP contribution >= 0.6 is 34.4 Å². The molecule has 10 nitrogen and oxygen atoms in total. The quantitative estimate of drug-likeness (QED) is 0.0705. The standard InChI is InChI=1S/C50H54N2O8S3/c1-6-8-13-29(7-2)28-51-46(53)32-19-21-34-38-35(22-20-33(37(32)38)47(51)54)49(56)52(48(34)55)31-17-15-30(16-18-31)43-41-42(60-26-25-59-41)45(63-43)44-40-39(57-23-24-58-40)36(62-44)14-11-9-10-12-27-61-50(3,4)5/h15-22,29H,6-14,23-28H2,1-5H3. The van der Waals surface area contributed by atoms with Gasteiger partial charge in [0.25, 0.3) is 23.6 Å². The Labute approximate surface area is 381 Å². The maximum atomic E-state index is 14.3. The molecule has 1 atom stereocenters. The number of anilines is 1. The number of thiophene rings is 2. The Morgan fingerprint density at radius 3 is 1.71 bits per heavy atom. The van der Waals surface area contributed by atoms with E-state index in [1.54, 1.807) is 59.1 Å². The highest BCUT2D eigenvalue weighted by Crippen LogP contribution is 2.60. The lowest BCUT2D eigenvalue weighted by Crippen LogP contribution is -2.44. The SMILES string of the molecule is CCCCC(CC)CN1C(=O)c2ccc3c4c(ccc(c24)C1=O)C(=O)N(c1ccc(-c2sc(-c4sc(CCCCCCSC(C)(C)C)c5c4OCCO5)c4c2OCCO4)cc1)C3=O. The van der Waals surface area contributed by atoms with Gasteiger partial charge in [-0.3, -0.25) is 24.1 Å². The summed E-state index contributed by atoms with van der Waals surface area (Å²) in [5, 5.41) is 0.744. The van der Waals surface area contributed by atoms with Gasteiger partial charge in [0.05, 0.1) is 25.2 Å². The van der Waals surface area contributed by atoms with Crippen molar-refractivity contribution in [1.82, 2.24) is 4.90 Å². The molecule has 2 aromatic heterocycles. The van der Waals surface area contributed by atoms with Crippen molar-refractivity contribution in [2.24, 2.45) is 5.92 Å². The van der Waals surface area contributed by atoms with Gasteiger partial charge in [-0.25, -0.2) is 4.90 Å². The average molecular weight is 907 g/mol. The number of nitrogens with zero attached hydrogens (tertiary/aromatic N) is 2. The monoisotopic (exact) mass is 906 g/mol. The van der Waals surface area contributed by atoms with Crippen LogP contribution in [-0.4, -0.2) is 72.0 Å². The fourth-order valence-corrected chi connectivity index (χ4v) is 12.5. The molecule has 0 fully saturated rings. The summed E-state index contributed by atoms with van der Waals surface area (Å²) in [7, 11) is 0. The molecule has 9 rings (SSSR count). The maximum absolute atomic E-state index is 14.3. The van der Waals surface area contributed by atoms with Gasteiger partial charge in [0, 0.05) is 44.3 Å². The lowest BCUT2D eigenvalue weighted by molar-refractivity contribution is 0.0578. The van der Waals surface area contributed by atoms with Gasteiger partial charge in [-0.15, -0.1) is 22.7 Å². The Hall–Kier alpha value is -4.85. The second-order valence-corrected chi connectivity index (χ2v) is 21.7. The highest BCUT2D eigenvalue weighted by atomic mass is 32.2. The predicted octanol–water partition coefficient (Wildman–Crippen LogP) is 12.1. The van der Waals surface area contributed by atoms with E-state index in [4.69, 9.17) is 18.9 Å². The summed E-state index contributed by atoms with van der Waals surface area (Å²) < 4.78 is 25.4. The molecule has 4 aliphatic rings. The number of fused-ring (bicyclic) bond motifs is 2. The number of thioether (sulfide) groups is 1. The van der Waals surface area contributed by atoms with E-state index in [-0.39, 0.29) is 28.9 Å². The molecule has 0 radical (unpaired) electrons. The molecular formula is C50H54N2O8S3. The van der Waals surface area contributed by atoms with Gasteiger partial charge in [0.1, 0.15) is 26.4 Å². The van der Waals surface area contributed by atoms with Crippen LogP contribution in [0.3, 0.4) is 0 Å². The number of ether oxygens (including phenoxy) is 4. The van der Waals surface area contributed by atoms with Gasteiger partial charge in [-0.05, 0) is 79.3 Å². The third-order valence-electron chi connectivity index (χ3n) is 12.3. The zero-order valence-electron chi connectivity index (χ0n) is 36.7. The van der Waals surface area contributed by atoms with Crippen LogP contribution in [0.1, 0.15) is 132 Å². The summed E-state index contributed by atoms with van der Waals surface area (Å²) in [5.74, 6) is 2.55. The number of unbranched alkanes of at least 4 members (excludes halogenated alkanes) is 4. The Bertz CT molecular complexity index is 2530. The number of rotatable bonds is 16. The Morgan fingerprint density at radius 2 is 1.14 bits per heavy atom. The van der Waals surface area contributed by atoms with Crippen LogP contribution in [0.15, 0.2) is 48.5 Å². The van der Waals surface area contributed by atoms with Crippen molar-refractivity contribution < 1.29 is 38.1 Å². The van der Waals surface area contributed by atoms with Gasteiger partial charge >= 0.3 is 0 Å². The average Bonchev–Trinajstić information content (AvgIpc) is 3.85. The zero-order valence-corrected chi connectivity index (χ0v) is 39.1. The molecule has 0 spiro atoms. The lowest BCUT2D eigenvalue weighted by Gasteiger charge is -2.33. The molecule has 0 saturated heterocycles. The number of carbonyl (C=O) groups excluding carboxylic acids is 4. The molecule has 1 unspecified atom stereocenters. The van der Waals surface area contributed by atoms with Crippen LogP contribution < -0.4 is 23.8 Å².